The van der Waals surface area contributed by atoms with Gasteiger partial charge in [-0.05, 0) is 44.7 Å². The minimum atomic E-state index is 0.105. The zero-order chi connectivity index (χ0) is 12.3. The van der Waals surface area contributed by atoms with E-state index in [9.17, 15) is 4.79 Å². The summed E-state index contributed by atoms with van der Waals surface area (Å²) >= 11 is 0. The van der Waals surface area contributed by atoms with Crippen LogP contribution in [0.4, 0.5) is 5.69 Å². The predicted molar refractivity (Wildman–Crippen MR) is 67.5 cm³/mol. The molecule has 1 aromatic rings. The first-order valence-electron chi connectivity index (χ1n) is 6.15. The van der Waals surface area contributed by atoms with E-state index in [1.54, 1.807) is 6.20 Å². The quantitative estimate of drug-likeness (QED) is 0.819. The minimum Gasteiger partial charge on any atom is -0.328 e. The van der Waals surface area contributed by atoms with E-state index in [-0.39, 0.29) is 17.9 Å². The van der Waals surface area contributed by atoms with Gasteiger partial charge in [0.2, 0.25) is 5.91 Å². The van der Waals surface area contributed by atoms with Crippen molar-refractivity contribution in [3.8, 4) is 0 Å². The number of hydrogen-bond donors (Lipinski definition) is 2. The number of anilines is 1. The van der Waals surface area contributed by atoms with Gasteiger partial charge in [0.05, 0.1) is 11.4 Å². The smallest absolute Gasteiger partial charge is 0.227 e. The molecular weight excluding hydrogens is 214 g/mol. The summed E-state index contributed by atoms with van der Waals surface area (Å²) in [4.78, 5) is 16.2. The van der Waals surface area contributed by atoms with E-state index in [1.807, 2.05) is 19.1 Å². The molecule has 0 radical (unpaired) electrons. The first-order valence-corrected chi connectivity index (χ1v) is 6.15. The largest absolute Gasteiger partial charge is 0.328 e. The summed E-state index contributed by atoms with van der Waals surface area (Å²) in [6.07, 6.45) is 5.41. The average molecular weight is 233 g/mol. The SMILES string of the molecule is Cc1ncccc1NC(=O)C1CCC(N)CC1. The van der Waals surface area contributed by atoms with Crippen molar-refractivity contribution in [2.75, 3.05) is 5.32 Å². The van der Waals surface area contributed by atoms with Crippen molar-refractivity contribution < 1.29 is 4.79 Å². The summed E-state index contributed by atoms with van der Waals surface area (Å²) in [5.74, 6) is 0.211. The monoisotopic (exact) mass is 233 g/mol. The minimum absolute atomic E-state index is 0.105. The van der Waals surface area contributed by atoms with Crippen LogP contribution in [0.2, 0.25) is 0 Å². The highest BCUT2D eigenvalue weighted by Gasteiger charge is 2.24. The van der Waals surface area contributed by atoms with Crippen molar-refractivity contribution in [1.82, 2.24) is 4.98 Å². The molecule has 0 unspecified atom stereocenters. The van der Waals surface area contributed by atoms with E-state index in [0.29, 0.717) is 0 Å². The molecule has 1 fully saturated rings. The van der Waals surface area contributed by atoms with Gasteiger partial charge in [-0.3, -0.25) is 9.78 Å². The number of rotatable bonds is 2. The number of pyridine rings is 1. The molecule has 92 valence electrons. The lowest BCUT2D eigenvalue weighted by molar-refractivity contribution is -0.120. The number of carbonyl (C=O) groups is 1. The molecule has 0 aromatic carbocycles. The van der Waals surface area contributed by atoms with Crippen LogP contribution in [0.15, 0.2) is 18.3 Å². The van der Waals surface area contributed by atoms with Crippen molar-refractivity contribution in [3.63, 3.8) is 0 Å². The Balaban J connectivity index is 1.95. The Bertz CT molecular complexity index is 397. The van der Waals surface area contributed by atoms with Crippen molar-refractivity contribution in [2.45, 2.75) is 38.6 Å². The molecule has 1 aliphatic carbocycles. The van der Waals surface area contributed by atoms with Gasteiger partial charge in [-0.1, -0.05) is 0 Å². The fraction of sp³-hybridized carbons (Fsp3) is 0.538. The van der Waals surface area contributed by atoms with Gasteiger partial charge in [0.25, 0.3) is 0 Å². The molecule has 0 spiro atoms. The van der Waals surface area contributed by atoms with Crippen LogP contribution in [0.25, 0.3) is 0 Å². The van der Waals surface area contributed by atoms with E-state index in [4.69, 9.17) is 5.73 Å². The number of carbonyl (C=O) groups excluding carboxylic acids is 1. The van der Waals surface area contributed by atoms with Crippen LogP contribution in [0.5, 0.6) is 0 Å². The lowest BCUT2D eigenvalue weighted by atomic mass is 9.86. The summed E-state index contributed by atoms with van der Waals surface area (Å²) in [5, 5.41) is 2.95. The Labute approximate surface area is 102 Å². The van der Waals surface area contributed by atoms with Gasteiger partial charge in [0, 0.05) is 18.2 Å². The normalized spacial score (nSPS) is 24.4. The van der Waals surface area contributed by atoms with E-state index >= 15 is 0 Å². The number of nitrogens with one attached hydrogen (secondary N) is 1. The maximum atomic E-state index is 12.0. The number of aromatic nitrogens is 1. The molecule has 1 aromatic heterocycles. The summed E-state index contributed by atoms with van der Waals surface area (Å²) in [5.41, 5.74) is 7.50. The number of amides is 1. The standard InChI is InChI=1S/C13H19N3O/c1-9-12(3-2-8-15-9)16-13(17)10-4-6-11(14)7-5-10/h2-3,8,10-11H,4-7,14H2,1H3,(H,16,17). The third-order valence-electron chi connectivity index (χ3n) is 3.41. The van der Waals surface area contributed by atoms with Gasteiger partial charge in [-0.2, -0.15) is 0 Å². The molecule has 4 nitrogen and oxygen atoms in total. The van der Waals surface area contributed by atoms with Crippen molar-refractivity contribution >= 4 is 11.6 Å². The van der Waals surface area contributed by atoms with Gasteiger partial charge in [0.1, 0.15) is 0 Å². The summed E-state index contributed by atoms with van der Waals surface area (Å²) in [6.45, 7) is 1.90. The first kappa shape index (κ1) is 12.0. The summed E-state index contributed by atoms with van der Waals surface area (Å²) in [7, 11) is 0. The lowest BCUT2D eigenvalue weighted by Crippen LogP contribution is -2.32. The Kier molecular flexibility index (Phi) is 3.74. The fourth-order valence-corrected chi connectivity index (χ4v) is 2.23. The molecule has 1 heterocycles. The predicted octanol–water partition coefficient (Wildman–Crippen LogP) is 1.85. The number of nitrogens with zero attached hydrogens (tertiary/aromatic N) is 1. The fourth-order valence-electron chi connectivity index (χ4n) is 2.23. The maximum absolute atomic E-state index is 12.0. The van der Waals surface area contributed by atoms with Crippen LogP contribution in [-0.4, -0.2) is 16.9 Å². The molecule has 1 aliphatic rings. The Hall–Kier alpha value is -1.42. The highest BCUT2D eigenvalue weighted by Crippen LogP contribution is 2.24. The van der Waals surface area contributed by atoms with Gasteiger partial charge in [-0.15, -0.1) is 0 Å². The van der Waals surface area contributed by atoms with Crippen LogP contribution in [0, 0.1) is 12.8 Å². The molecule has 0 atom stereocenters. The zero-order valence-electron chi connectivity index (χ0n) is 10.1. The lowest BCUT2D eigenvalue weighted by Gasteiger charge is -2.25. The molecular formula is C13H19N3O. The van der Waals surface area contributed by atoms with Gasteiger partial charge < -0.3 is 11.1 Å². The highest BCUT2D eigenvalue weighted by atomic mass is 16.1. The van der Waals surface area contributed by atoms with E-state index in [2.05, 4.69) is 10.3 Å². The first-order chi connectivity index (χ1) is 8.16. The summed E-state index contributed by atoms with van der Waals surface area (Å²) in [6, 6.07) is 3.99. The molecule has 1 amide bonds. The maximum Gasteiger partial charge on any atom is 0.227 e. The average Bonchev–Trinajstić information content (AvgIpc) is 2.33. The van der Waals surface area contributed by atoms with E-state index in [1.165, 1.54) is 0 Å². The highest BCUT2D eigenvalue weighted by molar-refractivity contribution is 5.93. The molecule has 0 bridgehead atoms. The number of nitrogens with two attached hydrogens (primary N) is 1. The third kappa shape index (κ3) is 3.03. The van der Waals surface area contributed by atoms with Crippen molar-refractivity contribution in [1.29, 1.82) is 0 Å². The van der Waals surface area contributed by atoms with Gasteiger partial charge >= 0.3 is 0 Å². The number of hydrogen-bond acceptors (Lipinski definition) is 3. The zero-order valence-corrected chi connectivity index (χ0v) is 10.1. The van der Waals surface area contributed by atoms with Crippen LogP contribution in [-0.2, 0) is 4.79 Å². The summed E-state index contributed by atoms with van der Waals surface area (Å²) < 4.78 is 0. The van der Waals surface area contributed by atoms with Crippen molar-refractivity contribution in [3.05, 3.63) is 24.0 Å². The van der Waals surface area contributed by atoms with Crippen LogP contribution in [0.3, 0.4) is 0 Å². The van der Waals surface area contributed by atoms with Gasteiger partial charge in [0.15, 0.2) is 0 Å². The molecule has 2 rings (SSSR count). The second-order valence-electron chi connectivity index (χ2n) is 4.74. The molecule has 4 heteroatoms. The second-order valence-corrected chi connectivity index (χ2v) is 4.74. The molecule has 1 saturated carbocycles. The molecule has 0 saturated heterocycles. The number of aryl methyl sites for hydroxylation is 1. The van der Waals surface area contributed by atoms with Crippen LogP contribution < -0.4 is 11.1 Å². The van der Waals surface area contributed by atoms with Crippen LogP contribution >= 0.6 is 0 Å². The molecule has 0 aliphatic heterocycles. The van der Waals surface area contributed by atoms with E-state index in [0.717, 1.165) is 37.1 Å². The molecule has 3 N–H and O–H groups in total. The topological polar surface area (TPSA) is 68.0 Å². The van der Waals surface area contributed by atoms with E-state index < -0.39 is 0 Å². The van der Waals surface area contributed by atoms with Crippen LogP contribution in [0.1, 0.15) is 31.4 Å². The Morgan fingerprint density at radius 2 is 2.12 bits per heavy atom. The van der Waals surface area contributed by atoms with Gasteiger partial charge in [-0.25, -0.2) is 0 Å². The second kappa shape index (κ2) is 5.27. The Morgan fingerprint density at radius 1 is 1.41 bits per heavy atom. The molecule has 17 heavy (non-hydrogen) atoms. The Morgan fingerprint density at radius 3 is 2.76 bits per heavy atom. The third-order valence-corrected chi connectivity index (χ3v) is 3.41. The van der Waals surface area contributed by atoms with Crippen molar-refractivity contribution in [2.24, 2.45) is 11.7 Å².